The molecule has 4 nitrogen and oxygen atoms in total. The maximum Gasteiger partial charge on any atom is 0.272 e. The van der Waals surface area contributed by atoms with Gasteiger partial charge in [0.15, 0.2) is 0 Å². The molecule has 0 aliphatic heterocycles. The average Bonchev–Trinajstić information content (AvgIpc) is 2.28. The number of nitrogens with zero attached hydrogens (tertiary/aromatic N) is 1. The fraction of sp³-hybridized carbons (Fsp3) is 0.273. The Kier molecular flexibility index (Phi) is 4.88. The third-order valence-electron chi connectivity index (χ3n) is 1.75. The van der Waals surface area contributed by atoms with Crippen LogP contribution in [0.4, 0.5) is 14.5 Å². The molecule has 0 spiro atoms. The summed E-state index contributed by atoms with van der Waals surface area (Å²) in [5.41, 5.74) is 0.481. The molecule has 1 rings (SSSR count). The molecule has 0 heterocycles. The second-order valence-electron chi connectivity index (χ2n) is 3.11. The molecular formula is C11H10F2N2O2. The largest absolute Gasteiger partial charge is 0.488 e. The Morgan fingerprint density at radius 1 is 1.41 bits per heavy atom. The van der Waals surface area contributed by atoms with Crippen LogP contribution >= 0.6 is 0 Å². The second-order valence-corrected chi connectivity index (χ2v) is 3.11. The van der Waals surface area contributed by atoms with E-state index in [0.717, 1.165) is 0 Å². The van der Waals surface area contributed by atoms with Crippen LogP contribution in [0.3, 0.4) is 0 Å². The number of benzene rings is 1. The van der Waals surface area contributed by atoms with Crippen molar-refractivity contribution in [1.29, 1.82) is 5.26 Å². The molecule has 0 aliphatic carbocycles. The van der Waals surface area contributed by atoms with Crippen LogP contribution in [0.15, 0.2) is 24.3 Å². The number of nitrogens with one attached hydrogen (secondary N) is 1. The molecule has 6 heteroatoms. The van der Waals surface area contributed by atoms with Crippen molar-refractivity contribution in [2.75, 3.05) is 11.9 Å². The van der Waals surface area contributed by atoms with Crippen LogP contribution in [-0.2, 0) is 4.79 Å². The number of ether oxygens (including phenoxy) is 1. The van der Waals surface area contributed by atoms with Gasteiger partial charge in [-0.25, -0.2) is 8.78 Å². The minimum absolute atomic E-state index is 0.233. The van der Waals surface area contributed by atoms with Crippen molar-refractivity contribution >= 4 is 11.6 Å². The number of hydrogen-bond donors (Lipinski definition) is 1. The van der Waals surface area contributed by atoms with Crippen molar-refractivity contribution in [2.45, 2.75) is 12.8 Å². The standard InChI is InChI=1S/C11H10F2N2O2/c12-10(13)7-17-9-3-1-8(2-4-9)15-11(16)5-6-14/h1-4,10H,5,7H2,(H,15,16). The Morgan fingerprint density at radius 3 is 2.59 bits per heavy atom. The van der Waals surface area contributed by atoms with Crippen molar-refractivity contribution in [2.24, 2.45) is 0 Å². The topological polar surface area (TPSA) is 62.1 Å². The highest BCUT2D eigenvalue weighted by Gasteiger charge is 2.04. The second kappa shape index (κ2) is 6.43. The van der Waals surface area contributed by atoms with E-state index in [1.54, 1.807) is 6.07 Å². The molecule has 0 atom stereocenters. The summed E-state index contributed by atoms with van der Waals surface area (Å²) < 4.78 is 28.4. The van der Waals surface area contributed by atoms with Crippen LogP contribution < -0.4 is 10.1 Å². The summed E-state index contributed by atoms with van der Waals surface area (Å²) in [6.45, 7) is -0.667. The molecule has 0 fully saturated rings. The normalized spacial score (nSPS) is 9.76. The fourth-order valence-electron chi connectivity index (χ4n) is 1.07. The Labute approximate surface area is 96.8 Å². The van der Waals surface area contributed by atoms with Gasteiger partial charge >= 0.3 is 0 Å². The van der Waals surface area contributed by atoms with Gasteiger partial charge in [-0.2, -0.15) is 5.26 Å². The van der Waals surface area contributed by atoms with E-state index in [1.807, 2.05) is 0 Å². The molecule has 17 heavy (non-hydrogen) atoms. The highest BCUT2D eigenvalue weighted by molar-refractivity contribution is 5.92. The van der Waals surface area contributed by atoms with Crippen LogP contribution in [0.1, 0.15) is 6.42 Å². The van der Waals surface area contributed by atoms with Crippen molar-refractivity contribution in [3.63, 3.8) is 0 Å². The van der Waals surface area contributed by atoms with Gasteiger partial charge in [0.1, 0.15) is 18.8 Å². The van der Waals surface area contributed by atoms with Crippen LogP contribution in [0.5, 0.6) is 5.75 Å². The fourth-order valence-corrected chi connectivity index (χ4v) is 1.07. The van der Waals surface area contributed by atoms with Crippen molar-refractivity contribution in [3.8, 4) is 11.8 Å². The number of carbonyl (C=O) groups is 1. The number of carbonyl (C=O) groups excluding carboxylic acids is 1. The molecule has 1 amide bonds. The quantitative estimate of drug-likeness (QED) is 0.858. The number of halogens is 2. The van der Waals surface area contributed by atoms with Crippen molar-refractivity contribution < 1.29 is 18.3 Å². The molecule has 0 aromatic heterocycles. The van der Waals surface area contributed by atoms with E-state index in [2.05, 4.69) is 5.32 Å². The summed E-state index contributed by atoms with van der Waals surface area (Å²) in [5.74, 6) is -0.127. The summed E-state index contributed by atoms with van der Waals surface area (Å²) in [4.78, 5) is 11.0. The zero-order chi connectivity index (χ0) is 12.7. The van der Waals surface area contributed by atoms with E-state index in [4.69, 9.17) is 10.00 Å². The highest BCUT2D eigenvalue weighted by atomic mass is 19.3. The van der Waals surface area contributed by atoms with Gasteiger partial charge in [-0.15, -0.1) is 0 Å². The van der Waals surface area contributed by atoms with E-state index < -0.39 is 18.9 Å². The first-order chi connectivity index (χ1) is 8.11. The number of hydrogen-bond acceptors (Lipinski definition) is 3. The predicted octanol–water partition coefficient (Wildman–Crippen LogP) is 2.18. The number of nitriles is 1. The predicted molar refractivity (Wildman–Crippen MR) is 56.8 cm³/mol. The Bertz CT molecular complexity index is 412. The van der Waals surface area contributed by atoms with Crippen LogP contribution in [0.25, 0.3) is 0 Å². The Balaban J connectivity index is 2.50. The molecule has 1 aromatic rings. The van der Waals surface area contributed by atoms with Gasteiger partial charge in [0, 0.05) is 5.69 Å². The summed E-state index contributed by atoms with van der Waals surface area (Å²) in [5, 5.41) is 10.7. The molecule has 0 radical (unpaired) electrons. The number of anilines is 1. The molecule has 90 valence electrons. The molecule has 0 saturated heterocycles. The molecular weight excluding hydrogens is 230 g/mol. The van der Waals surface area contributed by atoms with Crippen LogP contribution in [0, 0.1) is 11.3 Å². The van der Waals surface area contributed by atoms with Gasteiger partial charge in [-0.05, 0) is 24.3 Å². The molecule has 0 bridgehead atoms. The zero-order valence-electron chi connectivity index (χ0n) is 8.82. The summed E-state index contributed by atoms with van der Waals surface area (Å²) in [6.07, 6.45) is -2.76. The SMILES string of the molecule is N#CCC(=O)Nc1ccc(OCC(F)F)cc1. The third kappa shape index (κ3) is 4.93. The smallest absolute Gasteiger partial charge is 0.272 e. The number of rotatable bonds is 5. The average molecular weight is 240 g/mol. The minimum atomic E-state index is -2.52. The molecule has 1 N–H and O–H groups in total. The van der Waals surface area contributed by atoms with Gasteiger partial charge in [-0.1, -0.05) is 0 Å². The van der Waals surface area contributed by atoms with E-state index in [0.29, 0.717) is 11.4 Å². The maximum absolute atomic E-state index is 11.8. The first-order valence-electron chi connectivity index (χ1n) is 4.79. The lowest BCUT2D eigenvalue weighted by Gasteiger charge is -2.06. The van der Waals surface area contributed by atoms with E-state index in [1.165, 1.54) is 24.3 Å². The third-order valence-corrected chi connectivity index (χ3v) is 1.75. The summed E-state index contributed by atoms with van der Waals surface area (Å²) in [7, 11) is 0. The van der Waals surface area contributed by atoms with E-state index >= 15 is 0 Å². The van der Waals surface area contributed by atoms with Gasteiger partial charge in [-0.3, -0.25) is 4.79 Å². The molecule has 0 aliphatic rings. The van der Waals surface area contributed by atoms with E-state index in [9.17, 15) is 13.6 Å². The minimum Gasteiger partial charge on any atom is -0.488 e. The lowest BCUT2D eigenvalue weighted by atomic mass is 10.3. The zero-order valence-corrected chi connectivity index (χ0v) is 8.82. The molecule has 1 aromatic carbocycles. The summed E-state index contributed by atoms with van der Waals surface area (Å²) in [6, 6.07) is 7.66. The maximum atomic E-state index is 11.8. The van der Waals surface area contributed by atoms with Gasteiger partial charge in [0.05, 0.1) is 6.07 Å². The lowest BCUT2D eigenvalue weighted by molar-refractivity contribution is -0.115. The summed E-state index contributed by atoms with van der Waals surface area (Å²) >= 11 is 0. The number of amides is 1. The molecule has 0 unspecified atom stereocenters. The van der Waals surface area contributed by atoms with Crippen LogP contribution in [0.2, 0.25) is 0 Å². The van der Waals surface area contributed by atoms with Crippen LogP contribution in [-0.4, -0.2) is 18.9 Å². The Morgan fingerprint density at radius 2 is 2.06 bits per heavy atom. The Hall–Kier alpha value is -2.16. The van der Waals surface area contributed by atoms with Gasteiger partial charge in [0.25, 0.3) is 6.43 Å². The lowest BCUT2D eigenvalue weighted by Crippen LogP contribution is -2.10. The highest BCUT2D eigenvalue weighted by Crippen LogP contribution is 2.16. The van der Waals surface area contributed by atoms with Crippen molar-refractivity contribution in [1.82, 2.24) is 0 Å². The van der Waals surface area contributed by atoms with E-state index in [-0.39, 0.29) is 6.42 Å². The molecule has 0 saturated carbocycles. The number of alkyl halides is 2. The first kappa shape index (κ1) is 12.9. The van der Waals surface area contributed by atoms with Gasteiger partial charge < -0.3 is 10.1 Å². The monoisotopic (exact) mass is 240 g/mol. The first-order valence-corrected chi connectivity index (χ1v) is 4.79. The van der Waals surface area contributed by atoms with Gasteiger partial charge in [0.2, 0.25) is 5.91 Å². The van der Waals surface area contributed by atoms with Crippen molar-refractivity contribution in [3.05, 3.63) is 24.3 Å².